The number of carbonyl (C=O) groups excluding carboxylic acids is 1. The second-order valence-corrected chi connectivity index (χ2v) is 7.72. The van der Waals surface area contributed by atoms with Gasteiger partial charge in [-0.3, -0.25) is 4.90 Å². The second kappa shape index (κ2) is 9.96. The first-order valence-corrected chi connectivity index (χ1v) is 10.2. The summed E-state index contributed by atoms with van der Waals surface area (Å²) in [6.45, 7) is 6.25. The molecule has 0 spiro atoms. The van der Waals surface area contributed by atoms with Crippen LogP contribution in [0.25, 0.3) is 0 Å². The van der Waals surface area contributed by atoms with Crippen molar-refractivity contribution in [1.82, 2.24) is 9.80 Å². The molecular formula is C22H28ClN3O3. The van der Waals surface area contributed by atoms with E-state index in [2.05, 4.69) is 21.9 Å². The van der Waals surface area contributed by atoms with E-state index in [1.54, 1.807) is 6.07 Å². The third-order valence-corrected chi connectivity index (χ3v) is 5.24. The highest BCUT2D eigenvalue weighted by atomic mass is 35.5. The minimum absolute atomic E-state index is 0.260. The Labute approximate surface area is 177 Å². The highest BCUT2D eigenvalue weighted by molar-refractivity contribution is 6.33. The summed E-state index contributed by atoms with van der Waals surface area (Å²) >= 11 is 6.13. The number of hydrogen-bond acceptors (Lipinski definition) is 6. The van der Waals surface area contributed by atoms with Crippen molar-refractivity contribution in [2.24, 2.45) is 0 Å². The SMILES string of the molecule is CCOc1cc(N)c(Cl)cc1C(=O)OC1CN(C)CCN(Cc2ccccc2)C1. The van der Waals surface area contributed by atoms with Gasteiger partial charge in [0.1, 0.15) is 17.4 Å². The molecular weight excluding hydrogens is 390 g/mol. The number of carbonyl (C=O) groups is 1. The summed E-state index contributed by atoms with van der Waals surface area (Å²) in [6, 6.07) is 13.4. The molecule has 1 atom stereocenters. The van der Waals surface area contributed by atoms with Crippen LogP contribution in [0, 0.1) is 0 Å². The van der Waals surface area contributed by atoms with E-state index in [0.29, 0.717) is 41.7 Å². The van der Waals surface area contributed by atoms with Crippen LogP contribution in [0.1, 0.15) is 22.8 Å². The molecule has 3 rings (SSSR count). The van der Waals surface area contributed by atoms with Gasteiger partial charge in [-0.15, -0.1) is 0 Å². The van der Waals surface area contributed by atoms with Crippen LogP contribution < -0.4 is 10.5 Å². The number of nitrogen functional groups attached to an aromatic ring is 1. The molecule has 156 valence electrons. The van der Waals surface area contributed by atoms with Crippen molar-refractivity contribution in [1.29, 1.82) is 0 Å². The molecule has 1 unspecified atom stereocenters. The largest absolute Gasteiger partial charge is 0.493 e. The smallest absolute Gasteiger partial charge is 0.342 e. The maximum atomic E-state index is 12.9. The molecule has 0 aliphatic carbocycles. The van der Waals surface area contributed by atoms with Gasteiger partial charge in [0.05, 0.1) is 17.3 Å². The lowest BCUT2D eigenvalue weighted by molar-refractivity contribution is 0.0189. The molecule has 1 aliphatic heterocycles. The van der Waals surface area contributed by atoms with E-state index in [-0.39, 0.29) is 6.10 Å². The third-order valence-electron chi connectivity index (χ3n) is 4.92. The Bertz CT molecular complexity index is 832. The zero-order valence-corrected chi connectivity index (χ0v) is 17.7. The average Bonchev–Trinajstić information content (AvgIpc) is 2.86. The lowest BCUT2D eigenvalue weighted by atomic mass is 10.1. The monoisotopic (exact) mass is 417 g/mol. The molecule has 1 heterocycles. The average molecular weight is 418 g/mol. The Kier molecular flexibility index (Phi) is 7.36. The van der Waals surface area contributed by atoms with E-state index in [4.69, 9.17) is 26.8 Å². The standard InChI is InChI=1S/C22H28ClN3O3/c1-3-28-21-12-20(24)19(23)11-18(21)22(27)29-17-14-25(2)9-10-26(15-17)13-16-7-5-4-6-8-16/h4-8,11-12,17H,3,9-10,13-15,24H2,1-2H3. The Balaban J connectivity index is 1.73. The zero-order chi connectivity index (χ0) is 20.8. The Morgan fingerprint density at radius 2 is 1.97 bits per heavy atom. The van der Waals surface area contributed by atoms with E-state index >= 15 is 0 Å². The molecule has 6 nitrogen and oxygen atoms in total. The van der Waals surface area contributed by atoms with E-state index in [0.717, 1.165) is 19.6 Å². The van der Waals surface area contributed by atoms with Crippen LogP contribution in [-0.4, -0.2) is 61.7 Å². The number of ether oxygens (including phenoxy) is 2. The van der Waals surface area contributed by atoms with Crippen molar-refractivity contribution in [3.05, 3.63) is 58.6 Å². The first kappa shape index (κ1) is 21.4. The molecule has 0 aromatic heterocycles. The summed E-state index contributed by atoms with van der Waals surface area (Å²) in [5.74, 6) is -0.0576. The number of nitrogens with zero attached hydrogens (tertiary/aromatic N) is 2. The molecule has 0 radical (unpaired) electrons. The first-order chi connectivity index (χ1) is 14.0. The van der Waals surface area contributed by atoms with E-state index < -0.39 is 5.97 Å². The van der Waals surface area contributed by atoms with Crippen LogP contribution in [0.15, 0.2) is 42.5 Å². The summed E-state index contributed by atoms with van der Waals surface area (Å²) in [6.07, 6.45) is -0.260. The van der Waals surface area contributed by atoms with Crippen molar-refractivity contribution in [3.8, 4) is 5.75 Å². The molecule has 1 aliphatic rings. The van der Waals surface area contributed by atoms with Gasteiger partial charge < -0.3 is 20.1 Å². The Morgan fingerprint density at radius 3 is 2.69 bits per heavy atom. The molecule has 0 bridgehead atoms. The number of likely N-dealkylation sites (N-methyl/N-ethyl adjacent to an activating group) is 1. The van der Waals surface area contributed by atoms with Crippen molar-refractivity contribution in [3.63, 3.8) is 0 Å². The number of rotatable bonds is 6. The number of nitrogens with two attached hydrogens (primary N) is 1. The summed E-state index contributed by atoms with van der Waals surface area (Å²) in [7, 11) is 2.04. The lowest BCUT2D eigenvalue weighted by Crippen LogP contribution is -2.36. The minimum atomic E-state index is -0.449. The highest BCUT2D eigenvalue weighted by Gasteiger charge is 2.26. The molecule has 1 saturated heterocycles. The molecule has 2 aromatic carbocycles. The van der Waals surface area contributed by atoms with E-state index in [9.17, 15) is 4.79 Å². The molecule has 2 aromatic rings. The lowest BCUT2D eigenvalue weighted by Gasteiger charge is -2.24. The molecule has 0 amide bonds. The molecule has 7 heteroatoms. The zero-order valence-electron chi connectivity index (χ0n) is 16.9. The maximum absolute atomic E-state index is 12.9. The van der Waals surface area contributed by atoms with Crippen molar-refractivity contribution in [2.45, 2.75) is 19.6 Å². The van der Waals surface area contributed by atoms with Crippen LogP contribution in [0.3, 0.4) is 0 Å². The fourth-order valence-corrected chi connectivity index (χ4v) is 3.63. The van der Waals surface area contributed by atoms with E-state index in [1.807, 2.05) is 32.2 Å². The van der Waals surface area contributed by atoms with Gasteiger partial charge in [0.15, 0.2) is 0 Å². The van der Waals surface area contributed by atoms with Gasteiger partial charge in [-0.05, 0) is 25.6 Å². The molecule has 0 saturated carbocycles. The van der Waals surface area contributed by atoms with Gasteiger partial charge in [-0.2, -0.15) is 0 Å². The van der Waals surface area contributed by atoms with Crippen LogP contribution in [0.2, 0.25) is 5.02 Å². The van der Waals surface area contributed by atoms with Crippen LogP contribution in [0.5, 0.6) is 5.75 Å². The summed E-state index contributed by atoms with van der Waals surface area (Å²) in [4.78, 5) is 17.4. The Hall–Kier alpha value is -2.28. The quantitative estimate of drug-likeness (QED) is 0.574. The van der Waals surface area contributed by atoms with Crippen molar-refractivity contribution >= 4 is 23.3 Å². The minimum Gasteiger partial charge on any atom is -0.493 e. The highest BCUT2D eigenvalue weighted by Crippen LogP contribution is 2.30. The third kappa shape index (κ3) is 5.85. The van der Waals surface area contributed by atoms with Gasteiger partial charge in [0, 0.05) is 38.8 Å². The van der Waals surface area contributed by atoms with Crippen molar-refractivity contribution in [2.75, 3.05) is 45.6 Å². The van der Waals surface area contributed by atoms with Crippen molar-refractivity contribution < 1.29 is 14.3 Å². The fraction of sp³-hybridized carbons (Fsp3) is 0.409. The molecule has 29 heavy (non-hydrogen) atoms. The van der Waals surface area contributed by atoms with E-state index in [1.165, 1.54) is 11.6 Å². The Morgan fingerprint density at radius 1 is 1.21 bits per heavy atom. The number of anilines is 1. The fourth-order valence-electron chi connectivity index (χ4n) is 3.47. The van der Waals surface area contributed by atoms with Crippen LogP contribution in [0.4, 0.5) is 5.69 Å². The summed E-state index contributed by atoms with van der Waals surface area (Å²) in [5.41, 5.74) is 7.77. The predicted molar refractivity (Wildman–Crippen MR) is 115 cm³/mol. The second-order valence-electron chi connectivity index (χ2n) is 7.31. The number of halogens is 1. The number of esters is 1. The molecule has 1 fully saturated rings. The first-order valence-electron chi connectivity index (χ1n) is 9.84. The van der Waals surface area contributed by atoms with Gasteiger partial charge in [0.2, 0.25) is 0 Å². The number of benzene rings is 2. The number of hydrogen-bond donors (Lipinski definition) is 1. The summed E-state index contributed by atoms with van der Waals surface area (Å²) < 4.78 is 11.4. The van der Waals surface area contributed by atoms with Gasteiger partial charge in [-0.1, -0.05) is 41.9 Å². The maximum Gasteiger partial charge on any atom is 0.342 e. The normalized spacial score (nSPS) is 18.2. The van der Waals surface area contributed by atoms with Crippen LogP contribution in [-0.2, 0) is 11.3 Å². The summed E-state index contributed by atoms with van der Waals surface area (Å²) in [5, 5.41) is 0.309. The van der Waals surface area contributed by atoms with Gasteiger partial charge in [-0.25, -0.2) is 4.79 Å². The predicted octanol–water partition coefficient (Wildman–Crippen LogP) is 3.29. The molecule has 2 N–H and O–H groups in total. The van der Waals surface area contributed by atoms with Gasteiger partial charge >= 0.3 is 5.97 Å². The van der Waals surface area contributed by atoms with Crippen LogP contribution >= 0.6 is 11.6 Å². The van der Waals surface area contributed by atoms with Gasteiger partial charge in [0.25, 0.3) is 0 Å². The topological polar surface area (TPSA) is 68.0 Å².